The Balaban J connectivity index is 1.69. The smallest absolute Gasteiger partial charge is 0.0334 e. The zero-order chi connectivity index (χ0) is 13.3. The quantitative estimate of drug-likeness (QED) is 0.840. The summed E-state index contributed by atoms with van der Waals surface area (Å²) in [7, 11) is 0. The Kier molecular flexibility index (Phi) is 4.19. The second-order valence-corrected chi connectivity index (χ2v) is 7.72. The van der Waals surface area contributed by atoms with Gasteiger partial charge in [0, 0.05) is 31.2 Å². The van der Waals surface area contributed by atoms with E-state index in [1.54, 1.807) is 0 Å². The summed E-state index contributed by atoms with van der Waals surface area (Å²) in [5, 5.41) is 3.88. The second-order valence-electron chi connectivity index (χ2n) is 7.72. The molecule has 2 saturated carbocycles. The molecule has 2 heteroatoms. The molecule has 3 rings (SSSR count). The molecule has 1 saturated heterocycles. The van der Waals surface area contributed by atoms with Gasteiger partial charge in [0.05, 0.1) is 0 Å². The molecular formula is C17H32N2. The maximum Gasteiger partial charge on any atom is 0.0334 e. The van der Waals surface area contributed by atoms with Crippen LogP contribution in [0.3, 0.4) is 0 Å². The van der Waals surface area contributed by atoms with Gasteiger partial charge in [-0.1, -0.05) is 39.5 Å². The normalized spacial score (nSPS) is 32.7. The van der Waals surface area contributed by atoms with Crippen molar-refractivity contribution in [1.82, 2.24) is 10.2 Å². The topological polar surface area (TPSA) is 15.3 Å². The van der Waals surface area contributed by atoms with Gasteiger partial charge in [-0.15, -0.1) is 0 Å². The fraction of sp³-hybridized carbons (Fsp3) is 1.00. The van der Waals surface area contributed by atoms with Gasteiger partial charge in [0.2, 0.25) is 0 Å². The van der Waals surface area contributed by atoms with Crippen molar-refractivity contribution in [3.63, 3.8) is 0 Å². The molecule has 3 aliphatic rings. The lowest BCUT2D eigenvalue weighted by atomic mass is 9.75. The monoisotopic (exact) mass is 264 g/mol. The first-order chi connectivity index (χ1) is 9.20. The predicted molar refractivity (Wildman–Crippen MR) is 81.4 cm³/mol. The van der Waals surface area contributed by atoms with Gasteiger partial charge >= 0.3 is 0 Å². The van der Waals surface area contributed by atoms with Gasteiger partial charge in [0.25, 0.3) is 0 Å². The van der Waals surface area contributed by atoms with Crippen molar-refractivity contribution in [2.75, 3.05) is 19.6 Å². The molecule has 1 aliphatic heterocycles. The van der Waals surface area contributed by atoms with E-state index >= 15 is 0 Å². The van der Waals surface area contributed by atoms with Gasteiger partial charge in [0.15, 0.2) is 0 Å². The third-order valence-corrected chi connectivity index (χ3v) is 6.07. The molecule has 0 radical (unpaired) electrons. The Labute approximate surface area is 119 Å². The molecule has 2 aliphatic carbocycles. The minimum Gasteiger partial charge on any atom is -0.311 e. The highest BCUT2D eigenvalue weighted by Crippen LogP contribution is 2.38. The highest BCUT2D eigenvalue weighted by molar-refractivity contribution is 5.01. The van der Waals surface area contributed by atoms with Crippen LogP contribution >= 0.6 is 0 Å². The van der Waals surface area contributed by atoms with Crippen molar-refractivity contribution < 1.29 is 0 Å². The minimum atomic E-state index is 0.527. The zero-order valence-electron chi connectivity index (χ0n) is 13.0. The summed E-state index contributed by atoms with van der Waals surface area (Å²) in [6.45, 7) is 8.69. The first-order valence-electron chi connectivity index (χ1n) is 8.68. The predicted octanol–water partition coefficient (Wildman–Crippen LogP) is 3.42. The van der Waals surface area contributed by atoms with Crippen LogP contribution in [-0.2, 0) is 0 Å². The Morgan fingerprint density at radius 1 is 1.11 bits per heavy atom. The van der Waals surface area contributed by atoms with Gasteiger partial charge in [-0.05, 0) is 37.5 Å². The third kappa shape index (κ3) is 2.85. The van der Waals surface area contributed by atoms with Crippen LogP contribution in [0.4, 0.5) is 0 Å². The highest BCUT2D eigenvalue weighted by atomic mass is 15.3. The molecule has 0 bridgehead atoms. The summed E-state index contributed by atoms with van der Waals surface area (Å²) in [6, 6.07) is 0.715. The van der Waals surface area contributed by atoms with Crippen molar-refractivity contribution in [3.05, 3.63) is 0 Å². The molecule has 1 spiro atoms. The number of nitrogens with one attached hydrogen (secondary N) is 1. The van der Waals surface area contributed by atoms with Gasteiger partial charge in [-0.2, -0.15) is 0 Å². The average Bonchev–Trinajstić information content (AvgIpc) is 2.36. The summed E-state index contributed by atoms with van der Waals surface area (Å²) in [6.07, 6.45) is 11.7. The van der Waals surface area contributed by atoms with Crippen LogP contribution in [0.25, 0.3) is 0 Å². The van der Waals surface area contributed by atoms with Crippen molar-refractivity contribution in [1.29, 1.82) is 0 Å². The molecule has 1 heterocycles. The fourth-order valence-corrected chi connectivity index (χ4v) is 4.33. The molecule has 1 unspecified atom stereocenters. The van der Waals surface area contributed by atoms with E-state index in [4.69, 9.17) is 0 Å². The van der Waals surface area contributed by atoms with Gasteiger partial charge in [0.1, 0.15) is 0 Å². The molecule has 3 fully saturated rings. The van der Waals surface area contributed by atoms with Crippen molar-refractivity contribution in [3.8, 4) is 0 Å². The van der Waals surface area contributed by atoms with E-state index in [9.17, 15) is 0 Å². The van der Waals surface area contributed by atoms with Crippen LogP contribution in [0, 0.1) is 11.8 Å². The van der Waals surface area contributed by atoms with Crippen molar-refractivity contribution in [2.24, 2.45) is 11.8 Å². The molecule has 0 aromatic rings. The molecule has 0 aromatic heterocycles. The minimum absolute atomic E-state index is 0.527. The largest absolute Gasteiger partial charge is 0.311 e. The summed E-state index contributed by atoms with van der Waals surface area (Å²) < 4.78 is 0. The average molecular weight is 264 g/mol. The van der Waals surface area contributed by atoms with E-state index in [0.29, 0.717) is 11.6 Å². The standard InChI is InChI=1S/C17H32N2/c1-14(2)16-12-19(11-15-7-6-8-15)17(13-18-16)9-4-3-5-10-17/h14-16,18H,3-13H2,1-2H3. The van der Waals surface area contributed by atoms with Crippen LogP contribution in [-0.4, -0.2) is 36.1 Å². The Hall–Kier alpha value is -0.0800. The first kappa shape index (κ1) is 13.9. The van der Waals surface area contributed by atoms with Gasteiger partial charge in [-0.3, -0.25) is 4.90 Å². The van der Waals surface area contributed by atoms with E-state index < -0.39 is 0 Å². The van der Waals surface area contributed by atoms with Crippen LogP contribution < -0.4 is 5.32 Å². The molecular weight excluding hydrogens is 232 g/mol. The summed E-state index contributed by atoms with van der Waals surface area (Å²) in [5.74, 6) is 1.79. The Morgan fingerprint density at radius 3 is 2.42 bits per heavy atom. The van der Waals surface area contributed by atoms with Gasteiger partial charge < -0.3 is 5.32 Å². The number of piperazine rings is 1. The maximum absolute atomic E-state index is 3.88. The highest BCUT2D eigenvalue weighted by Gasteiger charge is 2.43. The van der Waals surface area contributed by atoms with Crippen LogP contribution in [0.15, 0.2) is 0 Å². The van der Waals surface area contributed by atoms with E-state index in [0.717, 1.165) is 11.8 Å². The van der Waals surface area contributed by atoms with Crippen LogP contribution in [0.5, 0.6) is 0 Å². The van der Waals surface area contributed by atoms with Crippen molar-refractivity contribution in [2.45, 2.75) is 76.8 Å². The third-order valence-electron chi connectivity index (χ3n) is 6.07. The maximum atomic E-state index is 3.88. The summed E-state index contributed by atoms with van der Waals surface area (Å²) >= 11 is 0. The fourth-order valence-electron chi connectivity index (χ4n) is 4.33. The second kappa shape index (κ2) is 5.73. The Morgan fingerprint density at radius 2 is 1.84 bits per heavy atom. The number of hydrogen-bond donors (Lipinski definition) is 1. The molecule has 0 aromatic carbocycles. The van der Waals surface area contributed by atoms with E-state index in [2.05, 4.69) is 24.1 Å². The number of rotatable bonds is 3. The number of hydrogen-bond acceptors (Lipinski definition) is 2. The molecule has 1 N–H and O–H groups in total. The van der Waals surface area contributed by atoms with E-state index in [1.165, 1.54) is 71.0 Å². The van der Waals surface area contributed by atoms with Crippen LogP contribution in [0.1, 0.15) is 65.2 Å². The molecule has 110 valence electrons. The molecule has 0 amide bonds. The molecule has 1 atom stereocenters. The lowest BCUT2D eigenvalue weighted by molar-refractivity contribution is -0.0166. The van der Waals surface area contributed by atoms with Crippen molar-refractivity contribution >= 4 is 0 Å². The first-order valence-corrected chi connectivity index (χ1v) is 8.68. The molecule has 19 heavy (non-hydrogen) atoms. The SMILES string of the molecule is CC(C)C1CN(CC2CCC2)C2(CCCCC2)CN1. The lowest BCUT2D eigenvalue weighted by Gasteiger charge is -2.54. The number of nitrogens with zero attached hydrogens (tertiary/aromatic N) is 1. The summed E-state index contributed by atoms with van der Waals surface area (Å²) in [5.41, 5.74) is 0.527. The Bertz CT molecular complexity index is 290. The van der Waals surface area contributed by atoms with Gasteiger partial charge in [-0.25, -0.2) is 0 Å². The molecule has 2 nitrogen and oxygen atoms in total. The lowest BCUT2D eigenvalue weighted by Crippen LogP contribution is -2.67. The summed E-state index contributed by atoms with van der Waals surface area (Å²) in [4.78, 5) is 2.93. The van der Waals surface area contributed by atoms with E-state index in [-0.39, 0.29) is 0 Å². The van der Waals surface area contributed by atoms with Crippen LogP contribution in [0.2, 0.25) is 0 Å². The van der Waals surface area contributed by atoms with E-state index in [1.807, 2.05) is 0 Å². The zero-order valence-corrected chi connectivity index (χ0v) is 13.0.